The van der Waals surface area contributed by atoms with Crippen LogP contribution in [0.25, 0.3) is 0 Å². The third kappa shape index (κ3) is 3.03. The zero-order valence-electron chi connectivity index (χ0n) is 10.7. The molecule has 0 fully saturated rings. The van der Waals surface area contributed by atoms with Crippen molar-refractivity contribution in [2.24, 2.45) is 5.73 Å². The minimum absolute atomic E-state index is 0.339. The number of rotatable bonds is 4. The summed E-state index contributed by atoms with van der Waals surface area (Å²) in [5, 5.41) is 2.41. The molecule has 0 aliphatic rings. The van der Waals surface area contributed by atoms with Gasteiger partial charge in [-0.05, 0) is 26.0 Å². The van der Waals surface area contributed by atoms with Gasteiger partial charge in [-0.15, -0.1) is 0 Å². The molecular weight excluding hydrogens is 297 g/mol. The van der Waals surface area contributed by atoms with Crippen LogP contribution in [0.3, 0.4) is 0 Å². The van der Waals surface area contributed by atoms with Crippen molar-refractivity contribution >= 4 is 21.4 Å². The highest BCUT2D eigenvalue weighted by Crippen LogP contribution is 2.35. The molecule has 0 radical (unpaired) electrons. The van der Waals surface area contributed by atoms with Gasteiger partial charge >= 0.3 is 5.51 Å². The van der Waals surface area contributed by atoms with Gasteiger partial charge in [-0.2, -0.15) is 13.2 Å². The quantitative estimate of drug-likeness (QED) is 0.885. The summed E-state index contributed by atoms with van der Waals surface area (Å²) in [6.45, 7) is 2.65. The highest BCUT2D eigenvalue weighted by molar-refractivity contribution is 7.92. The molecule has 0 aromatic heterocycles. The smallest absolute Gasteiger partial charge is 0.371 e. The van der Waals surface area contributed by atoms with E-state index in [9.17, 15) is 26.4 Å². The lowest BCUT2D eigenvalue weighted by molar-refractivity contribution is -0.121. The maximum Gasteiger partial charge on any atom is 0.501 e. The summed E-state index contributed by atoms with van der Waals surface area (Å²) >= 11 is 0. The number of para-hydroxylation sites is 1. The molecule has 0 saturated carbocycles. The topological polar surface area (TPSA) is 89.3 Å². The number of benzene rings is 1. The normalized spacial score (nSPS) is 13.1. The third-order valence-electron chi connectivity index (χ3n) is 2.54. The van der Waals surface area contributed by atoms with Crippen molar-refractivity contribution in [1.82, 2.24) is 0 Å². The Bertz CT molecular complexity index is 624. The largest absolute Gasteiger partial charge is 0.501 e. The van der Waals surface area contributed by atoms with E-state index in [0.717, 1.165) is 18.2 Å². The minimum Gasteiger partial charge on any atom is -0.371 e. The Morgan fingerprint density at radius 3 is 2.15 bits per heavy atom. The zero-order chi connectivity index (χ0) is 15.8. The van der Waals surface area contributed by atoms with Crippen molar-refractivity contribution in [3.05, 3.63) is 24.3 Å². The number of nitrogens with one attached hydrogen (secondary N) is 1. The van der Waals surface area contributed by atoms with Crippen molar-refractivity contribution in [3.8, 4) is 0 Å². The molecule has 0 spiro atoms. The Morgan fingerprint density at radius 1 is 1.20 bits per heavy atom. The first kappa shape index (κ1) is 16.3. The van der Waals surface area contributed by atoms with Gasteiger partial charge in [0.1, 0.15) is 5.54 Å². The van der Waals surface area contributed by atoms with Gasteiger partial charge < -0.3 is 11.1 Å². The first-order valence-electron chi connectivity index (χ1n) is 5.38. The molecule has 9 heteroatoms. The monoisotopic (exact) mass is 310 g/mol. The number of halogens is 3. The van der Waals surface area contributed by atoms with Crippen LogP contribution in [0.15, 0.2) is 29.2 Å². The maximum absolute atomic E-state index is 12.6. The number of carbonyl (C=O) groups is 1. The average Bonchev–Trinajstić information content (AvgIpc) is 2.27. The number of hydrogen-bond donors (Lipinski definition) is 2. The van der Waals surface area contributed by atoms with Crippen LogP contribution < -0.4 is 11.1 Å². The van der Waals surface area contributed by atoms with Crippen LogP contribution in [0.4, 0.5) is 18.9 Å². The highest BCUT2D eigenvalue weighted by Gasteiger charge is 2.48. The standard InChI is InChI=1S/C11H13F3N2O3S/c1-10(2,9(15)17)16-7-5-3-4-6-8(7)20(18,19)11(12,13)14/h3-6,16H,1-2H3,(H2,15,17). The number of alkyl halides is 3. The summed E-state index contributed by atoms with van der Waals surface area (Å²) in [4.78, 5) is 10.2. The van der Waals surface area contributed by atoms with Crippen molar-refractivity contribution in [1.29, 1.82) is 0 Å². The second-order valence-electron chi connectivity index (χ2n) is 4.56. The van der Waals surface area contributed by atoms with Crippen LogP contribution in [0.2, 0.25) is 0 Å². The average molecular weight is 310 g/mol. The second-order valence-corrected chi connectivity index (χ2v) is 6.47. The number of nitrogens with two attached hydrogens (primary N) is 1. The molecule has 1 rings (SSSR count). The molecule has 1 aromatic rings. The third-order valence-corrected chi connectivity index (χ3v) is 4.09. The van der Waals surface area contributed by atoms with E-state index in [0.29, 0.717) is 0 Å². The maximum atomic E-state index is 12.6. The lowest BCUT2D eigenvalue weighted by atomic mass is 10.0. The molecule has 0 bridgehead atoms. The number of amides is 1. The number of anilines is 1. The summed E-state index contributed by atoms with van der Waals surface area (Å²) in [5.41, 5.74) is -2.08. The summed E-state index contributed by atoms with van der Waals surface area (Å²) in [5.74, 6) is -0.836. The number of hydrogen-bond acceptors (Lipinski definition) is 4. The number of sulfone groups is 1. The van der Waals surface area contributed by atoms with E-state index in [1.165, 1.54) is 19.9 Å². The lowest BCUT2D eigenvalue weighted by Crippen LogP contribution is -2.45. The predicted molar refractivity (Wildman–Crippen MR) is 66.6 cm³/mol. The summed E-state index contributed by atoms with van der Waals surface area (Å²) in [6, 6.07) is 4.43. The van der Waals surface area contributed by atoms with Crippen LogP contribution >= 0.6 is 0 Å². The first-order chi connectivity index (χ1) is 8.89. The van der Waals surface area contributed by atoms with Gasteiger partial charge in [0.15, 0.2) is 0 Å². The molecule has 0 aliphatic heterocycles. The Balaban J connectivity index is 3.37. The van der Waals surface area contributed by atoms with Gasteiger partial charge in [-0.1, -0.05) is 12.1 Å². The number of carbonyl (C=O) groups excluding carboxylic acids is 1. The lowest BCUT2D eigenvalue weighted by Gasteiger charge is -2.25. The molecule has 20 heavy (non-hydrogen) atoms. The molecule has 0 saturated heterocycles. The van der Waals surface area contributed by atoms with Crippen molar-refractivity contribution in [2.75, 3.05) is 5.32 Å². The van der Waals surface area contributed by atoms with Crippen LogP contribution in [0.5, 0.6) is 0 Å². The molecule has 1 amide bonds. The van der Waals surface area contributed by atoms with Crippen LogP contribution in [-0.4, -0.2) is 25.4 Å². The molecule has 3 N–H and O–H groups in total. The molecule has 0 heterocycles. The summed E-state index contributed by atoms with van der Waals surface area (Å²) in [6.07, 6.45) is 0. The fourth-order valence-corrected chi connectivity index (χ4v) is 2.24. The summed E-state index contributed by atoms with van der Waals surface area (Å²) < 4.78 is 60.6. The van der Waals surface area contributed by atoms with E-state index in [1.54, 1.807) is 0 Å². The van der Waals surface area contributed by atoms with E-state index >= 15 is 0 Å². The van der Waals surface area contributed by atoms with Gasteiger partial charge in [0.2, 0.25) is 5.91 Å². The van der Waals surface area contributed by atoms with Gasteiger partial charge in [0.05, 0.1) is 10.6 Å². The van der Waals surface area contributed by atoms with Gasteiger partial charge in [0, 0.05) is 0 Å². The molecule has 0 unspecified atom stereocenters. The second kappa shape index (κ2) is 4.97. The molecule has 5 nitrogen and oxygen atoms in total. The Labute approximate surface area is 113 Å². The van der Waals surface area contributed by atoms with Crippen molar-refractivity contribution in [2.45, 2.75) is 29.8 Å². The molecule has 112 valence electrons. The van der Waals surface area contributed by atoms with E-state index in [-0.39, 0.29) is 5.69 Å². The molecule has 1 aromatic carbocycles. The Morgan fingerprint density at radius 2 is 1.70 bits per heavy atom. The number of primary amides is 1. The van der Waals surface area contributed by atoms with Crippen LogP contribution in [0, 0.1) is 0 Å². The van der Waals surface area contributed by atoms with Crippen molar-refractivity contribution in [3.63, 3.8) is 0 Å². The van der Waals surface area contributed by atoms with E-state index in [1.807, 2.05) is 0 Å². The molecule has 0 aliphatic carbocycles. The predicted octanol–water partition coefficient (Wildman–Crippen LogP) is 1.66. The van der Waals surface area contributed by atoms with Crippen molar-refractivity contribution < 1.29 is 26.4 Å². The van der Waals surface area contributed by atoms with Gasteiger partial charge in [-0.3, -0.25) is 4.79 Å². The fourth-order valence-electron chi connectivity index (χ4n) is 1.33. The highest BCUT2D eigenvalue weighted by atomic mass is 32.2. The molecular formula is C11H13F3N2O3S. The van der Waals surface area contributed by atoms with Crippen LogP contribution in [0.1, 0.15) is 13.8 Å². The van der Waals surface area contributed by atoms with Gasteiger partial charge in [0.25, 0.3) is 9.84 Å². The van der Waals surface area contributed by atoms with E-state index < -0.39 is 31.7 Å². The molecule has 0 atom stereocenters. The zero-order valence-corrected chi connectivity index (χ0v) is 11.5. The van der Waals surface area contributed by atoms with E-state index in [4.69, 9.17) is 5.73 Å². The fraction of sp³-hybridized carbons (Fsp3) is 0.364. The first-order valence-corrected chi connectivity index (χ1v) is 6.86. The van der Waals surface area contributed by atoms with E-state index in [2.05, 4.69) is 5.32 Å². The van der Waals surface area contributed by atoms with Gasteiger partial charge in [-0.25, -0.2) is 8.42 Å². The Kier molecular flexibility index (Phi) is 4.04. The Hall–Kier alpha value is -1.77. The SMILES string of the molecule is CC(C)(Nc1ccccc1S(=O)(=O)C(F)(F)F)C(N)=O. The summed E-state index contributed by atoms with van der Waals surface area (Å²) in [7, 11) is -5.52. The van der Waals surface area contributed by atoms with Crippen LogP contribution in [-0.2, 0) is 14.6 Å². The minimum atomic E-state index is -5.52.